The quantitative estimate of drug-likeness (QED) is 0.262. The summed E-state index contributed by atoms with van der Waals surface area (Å²) in [7, 11) is 0. The maximum Gasteiger partial charge on any atom is 0.288 e. The summed E-state index contributed by atoms with van der Waals surface area (Å²) >= 11 is 7.13. The summed E-state index contributed by atoms with van der Waals surface area (Å²) in [6, 6.07) is 4.14. The highest BCUT2D eigenvalue weighted by molar-refractivity contribution is 8.02. The van der Waals surface area contributed by atoms with Gasteiger partial charge in [-0.05, 0) is 43.0 Å². The van der Waals surface area contributed by atoms with E-state index in [1.54, 1.807) is 0 Å². The number of halogens is 1. The van der Waals surface area contributed by atoms with Crippen molar-refractivity contribution in [3.63, 3.8) is 0 Å². The number of benzene rings is 1. The Labute approximate surface area is 144 Å². The largest absolute Gasteiger partial charge is 0.288 e. The van der Waals surface area contributed by atoms with Gasteiger partial charge in [0.25, 0.3) is 5.69 Å². The van der Waals surface area contributed by atoms with Crippen LogP contribution in [0.1, 0.15) is 37.0 Å². The van der Waals surface area contributed by atoms with Gasteiger partial charge in [0.1, 0.15) is 5.02 Å². The average molecular weight is 356 g/mol. The summed E-state index contributed by atoms with van der Waals surface area (Å²) in [5.41, 5.74) is 4.23. The van der Waals surface area contributed by atoms with Gasteiger partial charge in [-0.25, -0.2) is 5.43 Å². The van der Waals surface area contributed by atoms with Crippen LogP contribution < -0.4 is 5.43 Å². The molecule has 8 heteroatoms. The Balaban J connectivity index is 2.13. The third-order valence-corrected chi connectivity index (χ3v) is 4.91. The van der Waals surface area contributed by atoms with Crippen molar-refractivity contribution in [2.45, 2.75) is 26.7 Å². The first-order valence-electron chi connectivity index (χ1n) is 7.31. The van der Waals surface area contributed by atoms with E-state index in [1.165, 1.54) is 30.1 Å². The third-order valence-electron chi connectivity index (χ3n) is 3.40. The monoisotopic (exact) mass is 355 g/mol. The average Bonchev–Trinajstić information content (AvgIpc) is 2.88. The van der Waals surface area contributed by atoms with E-state index in [9.17, 15) is 14.9 Å². The van der Waals surface area contributed by atoms with Crippen molar-refractivity contribution < 1.29 is 9.72 Å². The number of nitro benzene ring substituents is 1. The number of carbonyl (C=O) groups excluding carboxylic acids is 1. The molecule has 0 unspecified atom stereocenters. The number of unbranched alkanes of at least 4 members (excludes halogenated alkanes) is 1. The summed E-state index contributed by atoms with van der Waals surface area (Å²) in [6.07, 6.45) is 2.15. The second-order valence-corrected chi connectivity index (χ2v) is 6.69. The Hall–Kier alpha value is -1.41. The number of Topliss-reactive ketones (excluding diaryl/α,β-unsaturated/α-hetero) is 1. The van der Waals surface area contributed by atoms with Crippen LogP contribution in [0.4, 0.5) is 5.69 Å². The van der Waals surface area contributed by atoms with Gasteiger partial charge in [0.2, 0.25) is 5.78 Å². The Bertz CT molecular complexity index is 663. The molecule has 0 atom stereocenters. The number of hydrogen-bond donors (Lipinski definition) is 1. The van der Waals surface area contributed by atoms with Crippen LogP contribution in [0.5, 0.6) is 0 Å². The lowest BCUT2D eigenvalue weighted by Gasteiger charge is -2.15. The molecule has 0 amide bonds. The van der Waals surface area contributed by atoms with E-state index in [1.807, 2.05) is 11.3 Å². The summed E-state index contributed by atoms with van der Waals surface area (Å²) in [5, 5.41) is 11.0. The summed E-state index contributed by atoms with van der Waals surface area (Å²) in [5.74, 6) is -0.216. The van der Waals surface area contributed by atoms with Crippen LogP contribution in [-0.2, 0) is 0 Å². The van der Waals surface area contributed by atoms with Gasteiger partial charge in [0.15, 0.2) is 0 Å². The second kappa shape index (κ2) is 7.92. The smallest absolute Gasteiger partial charge is 0.288 e. The number of nitro groups is 1. The SMILES string of the molecule is CCCCNN1CC(C)=C(C(=O)c2ccc(Cl)c([N+](=O)[O-])c2)S1. The number of carbonyl (C=O) groups is 1. The molecular formula is C15H18ClN3O3S. The topological polar surface area (TPSA) is 75.5 Å². The molecule has 0 fully saturated rings. The Morgan fingerprint density at radius 2 is 2.26 bits per heavy atom. The summed E-state index contributed by atoms with van der Waals surface area (Å²) < 4.78 is 1.92. The highest BCUT2D eigenvalue weighted by Crippen LogP contribution is 2.35. The molecule has 0 saturated heterocycles. The highest BCUT2D eigenvalue weighted by atomic mass is 35.5. The highest BCUT2D eigenvalue weighted by Gasteiger charge is 2.27. The fourth-order valence-corrected chi connectivity index (χ4v) is 3.38. The lowest BCUT2D eigenvalue weighted by molar-refractivity contribution is -0.384. The Morgan fingerprint density at radius 1 is 1.52 bits per heavy atom. The van der Waals surface area contributed by atoms with Gasteiger partial charge in [0.05, 0.1) is 9.83 Å². The minimum Gasteiger partial charge on any atom is -0.288 e. The van der Waals surface area contributed by atoms with E-state index < -0.39 is 4.92 Å². The number of nitrogens with zero attached hydrogens (tertiary/aromatic N) is 2. The Kier molecular flexibility index (Phi) is 6.17. The van der Waals surface area contributed by atoms with Gasteiger partial charge in [-0.15, -0.1) is 0 Å². The molecular weight excluding hydrogens is 338 g/mol. The van der Waals surface area contributed by atoms with E-state index in [2.05, 4.69) is 12.3 Å². The summed E-state index contributed by atoms with van der Waals surface area (Å²) in [6.45, 7) is 5.51. The van der Waals surface area contributed by atoms with E-state index in [-0.39, 0.29) is 22.1 Å². The molecule has 0 saturated carbocycles. The van der Waals surface area contributed by atoms with Crippen LogP contribution in [0.2, 0.25) is 5.02 Å². The molecule has 6 nitrogen and oxygen atoms in total. The molecule has 2 rings (SSSR count). The molecule has 0 bridgehead atoms. The number of ketones is 1. The predicted molar refractivity (Wildman–Crippen MR) is 92.3 cm³/mol. The van der Waals surface area contributed by atoms with E-state index in [4.69, 9.17) is 11.6 Å². The van der Waals surface area contributed by atoms with Crippen molar-refractivity contribution in [3.8, 4) is 0 Å². The first kappa shape index (κ1) is 17.9. The van der Waals surface area contributed by atoms with Crippen LogP contribution in [0.3, 0.4) is 0 Å². The van der Waals surface area contributed by atoms with E-state index in [0.29, 0.717) is 11.4 Å². The lowest BCUT2D eigenvalue weighted by atomic mass is 10.1. The van der Waals surface area contributed by atoms with Gasteiger partial charge in [-0.2, -0.15) is 4.41 Å². The minimum absolute atomic E-state index is 0.0270. The number of rotatable bonds is 7. The normalized spacial score (nSPS) is 15.3. The van der Waals surface area contributed by atoms with Crippen molar-refractivity contribution in [1.82, 2.24) is 9.84 Å². The van der Waals surface area contributed by atoms with Crippen molar-refractivity contribution in [2.24, 2.45) is 0 Å². The van der Waals surface area contributed by atoms with Crippen molar-refractivity contribution in [3.05, 3.63) is 49.4 Å². The van der Waals surface area contributed by atoms with Crippen molar-refractivity contribution in [2.75, 3.05) is 13.1 Å². The van der Waals surface area contributed by atoms with Crippen LogP contribution in [0, 0.1) is 10.1 Å². The van der Waals surface area contributed by atoms with Crippen molar-refractivity contribution in [1.29, 1.82) is 0 Å². The summed E-state index contributed by atoms with van der Waals surface area (Å²) in [4.78, 5) is 23.6. The van der Waals surface area contributed by atoms with E-state index >= 15 is 0 Å². The van der Waals surface area contributed by atoms with Gasteiger partial charge < -0.3 is 0 Å². The Morgan fingerprint density at radius 3 is 2.91 bits per heavy atom. The fourth-order valence-electron chi connectivity index (χ4n) is 2.14. The van der Waals surface area contributed by atoms with Crippen LogP contribution in [0.15, 0.2) is 28.7 Å². The van der Waals surface area contributed by atoms with Gasteiger partial charge in [0, 0.05) is 24.7 Å². The van der Waals surface area contributed by atoms with Crippen LogP contribution in [0.25, 0.3) is 0 Å². The number of allylic oxidation sites excluding steroid dienone is 1. The maximum absolute atomic E-state index is 12.6. The zero-order chi connectivity index (χ0) is 17.0. The van der Waals surface area contributed by atoms with E-state index in [0.717, 1.165) is 25.0 Å². The molecule has 0 spiro atoms. The first-order chi connectivity index (χ1) is 10.9. The zero-order valence-corrected chi connectivity index (χ0v) is 14.5. The number of hydrazine groups is 1. The molecule has 0 radical (unpaired) electrons. The standard InChI is InChI=1S/C15H18ClN3O3S/c1-3-4-7-17-18-9-10(2)15(23-18)14(20)11-5-6-12(16)13(8-11)19(21)22/h5-6,8,17H,3-4,7,9H2,1-2H3. The molecule has 1 heterocycles. The van der Waals surface area contributed by atoms with Crippen molar-refractivity contribution >= 4 is 35.0 Å². The van der Waals surface area contributed by atoms with Gasteiger partial charge in [-0.1, -0.05) is 24.9 Å². The van der Waals surface area contributed by atoms with Crippen LogP contribution >= 0.6 is 23.5 Å². The molecule has 0 aliphatic carbocycles. The van der Waals surface area contributed by atoms with Crippen LogP contribution in [-0.4, -0.2) is 28.2 Å². The number of nitrogens with one attached hydrogen (secondary N) is 1. The molecule has 1 aromatic carbocycles. The second-order valence-electron chi connectivity index (χ2n) is 5.25. The molecule has 1 aliphatic heterocycles. The first-order valence-corrected chi connectivity index (χ1v) is 8.46. The lowest BCUT2D eigenvalue weighted by Crippen LogP contribution is -2.31. The molecule has 1 N–H and O–H groups in total. The predicted octanol–water partition coefficient (Wildman–Crippen LogP) is 3.97. The molecule has 1 aromatic rings. The zero-order valence-electron chi connectivity index (χ0n) is 13.0. The van der Waals surface area contributed by atoms with Gasteiger partial charge in [-0.3, -0.25) is 14.9 Å². The van der Waals surface area contributed by atoms with Gasteiger partial charge >= 0.3 is 0 Å². The molecule has 0 aromatic heterocycles. The fraction of sp³-hybridized carbons (Fsp3) is 0.400. The maximum atomic E-state index is 12.6. The third kappa shape index (κ3) is 4.32. The molecule has 124 valence electrons. The minimum atomic E-state index is -0.583. The molecule has 23 heavy (non-hydrogen) atoms. The number of hydrogen-bond acceptors (Lipinski definition) is 6. The molecule has 1 aliphatic rings.